The molecule has 0 aliphatic carbocycles. The first kappa shape index (κ1) is 14.8. The molecule has 1 aliphatic heterocycles. The SMILES string of the molecule is CCCN1CCN(Cc2ccc(Br)cc2N)C(=O)C1=O. The first-order valence-corrected chi connectivity index (χ1v) is 7.44. The van der Waals surface area contributed by atoms with Gasteiger partial charge in [0.2, 0.25) is 0 Å². The van der Waals surface area contributed by atoms with Crippen LogP contribution < -0.4 is 5.73 Å². The first-order chi connectivity index (χ1) is 9.52. The minimum atomic E-state index is -0.438. The Labute approximate surface area is 126 Å². The van der Waals surface area contributed by atoms with Crippen molar-refractivity contribution in [3.05, 3.63) is 28.2 Å². The van der Waals surface area contributed by atoms with Crippen molar-refractivity contribution < 1.29 is 9.59 Å². The smallest absolute Gasteiger partial charge is 0.312 e. The van der Waals surface area contributed by atoms with Gasteiger partial charge in [-0.1, -0.05) is 28.9 Å². The predicted molar refractivity (Wildman–Crippen MR) is 80.8 cm³/mol. The summed E-state index contributed by atoms with van der Waals surface area (Å²) in [6.07, 6.45) is 0.860. The normalized spacial score (nSPS) is 15.9. The van der Waals surface area contributed by atoms with Crippen LogP contribution in [-0.4, -0.2) is 41.2 Å². The summed E-state index contributed by atoms with van der Waals surface area (Å²) in [4.78, 5) is 27.2. The highest BCUT2D eigenvalue weighted by Crippen LogP contribution is 2.21. The summed E-state index contributed by atoms with van der Waals surface area (Å²) < 4.78 is 0.897. The number of hydrogen-bond donors (Lipinski definition) is 1. The van der Waals surface area contributed by atoms with Gasteiger partial charge in [0.1, 0.15) is 0 Å². The average molecular weight is 340 g/mol. The lowest BCUT2D eigenvalue weighted by atomic mass is 10.1. The Hall–Kier alpha value is -1.56. The Morgan fingerprint density at radius 2 is 1.85 bits per heavy atom. The first-order valence-electron chi connectivity index (χ1n) is 6.65. The maximum absolute atomic E-state index is 12.1. The van der Waals surface area contributed by atoms with E-state index in [4.69, 9.17) is 5.73 Å². The van der Waals surface area contributed by atoms with Gasteiger partial charge in [-0.05, 0) is 24.1 Å². The quantitative estimate of drug-likeness (QED) is 0.669. The Kier molecular flexibility index (Phi) is 4.65. The summed E-state index contributed by atoms with van der Waals surface area (Å²) in [6.45, 7) is 4.16. The Bertz CT molecular complexity index is 533. The summed E-state index contributed by atoms with van der Waals surface area (Å²) >= 11 is 3.35. The molecule has 108 valence electrons. The average Bonchev–Trinajstić information content (AvgIpc) is 2.41. The Balaban J connectivity index is 2.07. The topological polar surface area (TPSA) is 66.6 Å². The molecule has 0 atom stereocenters. The summed E-state index contributed by atoms with van der Waals surface area (Å²) in [7, 11) is 0. The molecule has 1 aliphatic rings. The van der Waals surface area contributed by atoms with E-state index < -0.39 is 11.8 Å². The van der Waals surface area contributed by atoms with Crippen LogP contribution in [0.3, 0.4) is 0 Å². The highest BCUT2D eigenvalue weighted by atomic mass is 79.9. The van der Waals surface area contributed by atoms with E-state index in [1.807, 2.05) is 19.1 Å². The molecule has 5 nitrogen and oxygen atoms in total. The molecule has 2 N–H and O–H groups in total. The molecule has 0 radical (unpaired) electrons. The third-order valence-corrected chi connectivity index (χ3v) is 3.85. The number of halogens is 1. The molecular weight excluding hydrogens is 322 g/mol. The fraction of sp³-hybridized carbons (Fsp3) is 0.429. The highest BCUT2D eigenvalue weighted by Gasteiger charge is 2.31. The van der Waals surface area contributed by atoms with E-state index in [1.54, 1.807) is 15.9 Å². The molecule has 2 rings (SSSR count). The van der Waals surface area contributed by atoms with E-state index in [-0.39, 0.29) is 0 Å². The van der Waals surface area contributed by atoms with Crippen LogP contribution in [0, 0.1) is 0 Å². The summed E-state index contributed by atoms with van der Waals surface area (Å²) in [6, 6.07) is 5.55. The fourth-order valence-electron chi connectivity index (χ4n) is 2.26. The minimum absolute atomic E-state index is 0.379. The maximum Gasteiger partial charge on any atom is 0.312 e. The van der Waals surface area contributed by atoms with E-state index in [2.05, 4.69) is 15.9 Å². The van der Waals surface area contributed by atoms with Crippen molar-refractivity contribution in [1.29, 1.82) is 0 Å². The second-order valence-corrected chi connectivity index (χ2v) is 5.78. The third kappa shape index (κ3) is 3.12. The van der Waals surface area contributed by atoms with Gasteiger partial charge in [-0.15, -0.1) is 0 Å². The fourth-order valence-corrected chi connectivity index (χ4v) is 2.64. The zero-order valence-electron chi connectivity index (χ0n) is 11.4. The molecule has 20 heavy (non-hydrogen) atoms. The maximum atomic E-state index is 12.1. The molecule has 1 saturated heterocycles. The van der Waals surface area contributed by atoms with Gasteiger partial charge < -0.3 is 15.5 Å². The van der Waals surface area contributed by atoms with Gasteiger partial charge in [0, 0.05) is 36.3 Å². The molecule has 0 aromatic heterocycles. The van der Waals surface area contributed by atoms with Crippen LogP contribution in [0.15, 0.2) is 22.7 Å². The van der Waals surface area contributed by atoms with Gasteiger partial charge in [-0.2, -0.15) is 0 Å². The molecule has 6 heteroatoms. The van der Waals surface area contributed by atoms with Gasteiger partial charge in [-0.25, -0.2) is 0 Å². The van der Waals surface area contributed by atoms with E-state index >= 15 is 0 Å². The highest BCUT2D eigenvalue weighted by molar-refractivity contribution is 9.10. The van der Waals surface area contributed by atoms with Crippen LogP contribution in [0.1, 0.15) is 18.9 Å². The molecule has 1 heterocycles. The molecule has 0 bridgehead atoms. The molecule has 0 spiro atoms. The van der Waals surface area contributed by atoms with Crippen LogP contribution >= 0.6 is 15.9 Å². The third-order valence-electron chi connectivity index (χ3n) is 3.36. The number of nitrogen functional groups attached to an aromatic ring is 1. The van der Waals surface area contributed by atoms with Crippen molar-refractivity contribution in [1.82, 2.24) is 9.80 Å². The monoisotopic (exact) mass is 339 g/mol. The molecule has 2 amide bonds. The van der Waals surface area contributed by atoms with Gasteiger partial charge in [-0.3, -0.25) is 9.59 Å². The molecule has 0 unspecified atom stereocenters. The molecule has 0 saturated carbocycles. The second-order valence-electron chi connectivity index (χ2n) is 4.86. The number of anilines is 1. The van der Waals surface area contributed by atoms with Gasteiger partial charge >= 0.3 is 11.8 Å². The van der Waals surface area contributed by atoms with E-state index in [0.29, 0.717) is 31.9 Å². The predicted octanol–water partition coefficient (Wildman–Crippen LogP) is 1.61. The molecule has 1 aromatic carbocycles. The number of carbonyl (C=O) groups excluding carboxylic acids is 2. The zero-order chi connectivity index (χ0) is 14.7. The van der Waals surface area contributed by atoms with Crippen LogP contribution in [-0.2, 0) is 16.1 Å². The zero-order valence-corrected chi connectivity index (χ0v) is 13.0. The largest absolute Gasteiger partial charge is 0.398 e. The van der Waals surface area contributed by atoms with Gasteiger partial charge in [0.15, 0.2) is 0 Å². The van der Waals surface area contributed by atoms with Crippen molar-refractivity contribution in [3.8, 4) is 0 Å². The second kappa shape index (κ2) is 6.26. The molecule has 1 fully saturated rings. The van der Waals surface area contributed by atoms with Crippen LogP contribution in [0.5, 0.6) is 0 Å². The van der Waals surface area contributed by atoms with Crippen molar-refractivity contribution in [2.75, 3.05) is 25.4 Å². The van der Waals surface area contributed by atoms with Gasteiger partial charge in [0.05, 0.1) is 0 Å². The lowest BCUT2D eigenvalue weighted by molar-refractivity contribution is -0.156. The summed E-state index contributed by atoms with van der Waals surface area (Å²) in [5.74, 6) is -0.846. The Morgan fingerprint density at radius 1 is 1.20 bits per heavy atom. The number of piperazine rings is 1. The van der Waals surface area contributed by atoms with Crippen LogP contribution in [0.4, 0.5) is 5.69 Å². The van der Waals surface area contributed by atoms with Crippen LogP contribution in [0.2, 0.25) is 0 Å². The van der Waals surface area contributed by atoms with Gasteiger partial charge in [0.25, 0.3) is 0 Å². The van der Waals surface area contributed by atoms with Crippen molar-refractivity contribution in [2.45, 2.75) is 19.9 Å². The number of hydrogen-bond acceptors (Lipinski definition) is 3. The standard InChI is InChI=1S/C14H18BrN3O2/c1-2-5-17-6-7-18(14(20)13(17)19)9-10-3-4-11(15)8-12(10)16/h3-4,8H,2,5-7,9,16H2,1H3. The lowest BCUT2D eigenvalue weighted by Gasteiger charge is -2.33. The van der Waals surface area contributed by atoms with Crippen LogP contribution in [0.25, 0.3) is 0 Å². The summed E-state index contributed by atoms with van der Waals surface area (Å²) in [5.41, 5.74) is 7.41. The lowest BCUT2D eigenvalue weighted by Crippen LogP contribution is -2.53. The molecular formula is C14H18BrN3O2. The van der Waals surface area contributed by atoms with E-state index in [1.165, 1.54) is 0 Å². The van der Waals surface area contributed by atoms with Crippen molar-refractivity contribution >= 4 is 33.4 Å². The van der Waals surface area contributed by atoms with Crippen molar-refractivity contribution in [3.63, 3.8) is 0 Å². The van der Waals surface area contributed by atoms with Crippen molar-refractivity contribution in [2.24, 2.45) is 0 Å². The van der Waals surface area contributed by atoms with E-state index in [9.17, 15) is 9.59 Å². The number of amides is 2. The number of nitrogens with two attached hydrogens (primary N) is 1. The van der Waals surface area contributed by atoms with E-state index in [0.717, 1.165) is 16.5 Å². The number of benzene rings is 1. The minimum Gasteiger partial charge on any atom is -0.398 e. The molecule has 1 aromatic rings. The Morgan fingerprint density at radius 3 is 2.50 bits per heavy atom. The number of rotatable bonds is 4. The number of carbonyl (C=O) groups is 2. The summed E-state index contributed by atoms with van der Waals surface area (Å²) in [5, 5.41) is 0. The number of nitrogens with zero attached hydrogens (tertiary/aromatic N) is 2.